The van der Waals surface area contributed by atoms with Gasteiger partial charge in [0.15, 0.2) is 5.69 Å². The molecule has 3 rings (SSSR count). The number of nitrogens with zero attached hydrogens (tertiary/aromatic N) is 3. The standard InChI is InChI=1S/C14H8ClN3O2/c15-9-1-6-13-17-14(12(7-16)18(13)8-9)20-11-4-2-10(19)3-5-11/h1-6,8,19H. The maximum atomic E-state index is 9.24. The van der Waals surface area contributed by atoms with Crippen molar-refractivity contribution < 1.29 is 9.84 Å². The van der Waals surface area contributed by atoms with E-state index in [9.17, 15) is 10.4 Å². The molecule has 0 saturated carbocycles. The lowest BCUT2D eigenvalue weighted by Gasteiger charge is -2.02. The van der Waals surface area contributed by atoms with Crippen LogP contribution >= 0.6 is 11.6 Å². The molecule has 0 aliphatic rings. The summed E-state index contributed by atoms with van der Waals surface area (Å²) in [6.07, 6.45) is 1.60. The molecule has 20 heavy (non-hydrogen) atoms. The third kappa shape index (κ3) is 2.13. The first-order chi connectivity index (χ1) is 9.67. The molecule has 0 fully saturated rings. The van der Waals surface area contributed by atoms with Crippen LogP contribution in [0, 0.1) is 11.3 Å². The SMILES string of the molecule is N#Cc1c(Oc2ccc(O)cc2)nc2ccc(Cl)cn12. The van der Waals surface area contributed by atoms with E-state index >= 15 is 0 Å². The van der Waals surface area contributed by atoms with Gasteiger partial charge in [-0.05, 0) is 36.4 Å². The Kier molecular flexibility index (Phi) is 2.93. The maximum Gasteiger partial charge on any atom is 0.257 e. The number of benzene rings is 1. The van der Waals surface area contributed by atoms with E-state index in [1.807, 2.05) is 6.07 Å². The van der Waals surface area contributed by atoms with E-state index in [0.29, 0.717) is 16.4 Å². The van der Waals surface area contributed by atoms with Crippen molar-refractivity contribution in [3.05, 3.63) is 53.3 Å². The molecular weight excluding hydrogens is 278 g/mol. The van der Waals surface area contributed by atoms with Gasteiger partial charge in [0.2, 0.25) is 0 Å². The van der Waals surface area contributed by atoms with Crippen LogP contribution in [-0.4, -0.2) is 14.5 Å². The van der Waals surface area contributed by atoms with E-state index in [-0.39, 0.29) is 17.3 Å². The van der Waals surface area contributed by atoms with Gasteiger partial charge in [0, 0.05) is 6.20 Å². The van der Waals surface area contributed by atoms with Crippen molar-refractivity contribution in [2.75, 3.05) is 0 Å². The molecular formula is C14H8ClN3O2. The third-order valence-corrected chi connectivity index (χ3v) is 2.93. The van der Waals surface area contributed by atoms with E-state index in [1.54, 1.807) is 34.9 Å². The van der Waals surface area contributed by atoms with Crippen LogP contribution < -0.4 is 4.74 Å². The van der Waals surface area contributed by atoms with Gasteiger partial charge in [-0.1, -0.05) is 11.6 Å². The molecule has 0 bridgehead atoms. The fraction of sp³-hybridized carbons (Fsp3) is 0. The third-order valence-electron chi connectivity index (χ3n) is 2.71. The first kappa shape index (κ1) is 12.3. The molecule has 1 N–H and O–H groups in total. The summed E-state index contributed by atoms with van der Waals surface area (Å²) in [6, 6.07) is 11.6. The van der Waals surface area contributed by atoms with E-state index in [1.165, 1.54) is 12.1 Å². The summed E-state index contributed by atoms with van der Waals surface area (Å²) in [5.41, 5.74) is 0.829. The number of aromatic hydroxyl groups is 1. The van der Waals surface area contributed by atoms with Crippen molar-refractivity contribution in [1.82, 2.24) is 9.38 Å². The molecule has 0 amide bonds. The number of phenolic OH excluding ortho intramolecular Hbond substituents is 1. The molecule has 3 aromatic rings. The maximum absolute atomic E-state index is 9.24. The zero-order valence-electron chi connectivity index (χ0n) is 10.1. The molecule has 98 valence electrons. The molecule has 0 spiro atoms. The monoisotopic (exact) mass is 285 g/mol. The van der Waals surface area contributed by atoms with Gasteiger partial charge >= 0.3 is 0 Å². The van der Waals surface area contributed by atoms with Gasteiger partial charge in [-0.2, -0.15) is 10.2 Å². The summed E-state index contributed by atoms with van der Waals surface area (Å²) in [5.74, 6) is 0.814. The number of ether oxygens (including phenoxy) is 1. The van der Waals surface area contributed by atoms with Crippen LogP contribution in [0.1, 0.15) is 5.69 Å². The quantitative estimate of drug-likeness (QED) is 0.784. The molecule has 2 heterocycles. The van der Waals surface area contributed by atoms with Crippen molar-refractivity contribution in [3.8, 4) is 23.4 Å². The fourth-order valence-electron chi connectivity index (χ4n) is 1.80. The van der Waals surface area contributed by atoms with E-state index in [2.05, 4.69) is 4.98 Å². The van der Waals surface area contributed by atoms with E-state index < -0.39 is 0 Å². The van der Waals surface area contributed by atoms with Crippen LogP contribution in [0.3, 0.4) is 0 Å². The minimum Gasteiger partial charge on any atom is -0.508 e. The Bertz CT molecular complexity index is 819. The fourth-order valence-corrected chi connectivity index (χ4v) is 1.96. The number of aromatic nitrogens is 2. The Hall–Kier alpha value is -2.71. The Labute approximate surface area is 119 Å². The predicted molar refractivity (Wildman–Crippen MR) is 73.1 cm³/mol. The summed E-state index contributed by atoms with van der Waals surface area (Å²) in [6.45, 7) is 0. The van der Waals surface area contributed by atoms with Crippen molar-refractivity contribution in [2.45, 2.75) is 0 Å². The number of pyridine rings is 1. The lowest BCUT2D eigenvalue weighted by atomic mass is 10.3. The van der Waals surface area contributed by atoms with Crippen LogP contribution in [0.15, 0.2) is 42.6 Å². The van der Waals surface area contributed by atoms with Gasteiger partial charge in [0.05, 0.1) is 5.02 Å². The first-order valence-corrected chi connectivity index (χ1v) is 6.10. The smallest absolute Gasteiger partial charge is 0.257 e. The number of hydrogen-bond acceptors (Lipinski definition) is 4. The predicted octanol–water partition coefficient (Wildman–Crippen LogP) is 3.36. The normalized spacial score (nSPS) is 10.4. The number of fused-ring (bicyclic) bond motifs is 1. The summed E-state index contributed by atoms with van der Waals surface area (Å²) in [5, 5.41) is 19.0. The second-order valence-corrected chi connectivity index (χ2v) is 4.49. The van der Waals surface area contributed by atoms with Gasteiger partial charge in [-0.15, -0.1) is 0 Å². The Morgan fingerprint density at radius 2 is 1.95 bits per heavy atom. The number of hydrogen-bond donors (Lipinski definition) is 1. The van der Waals surface area contributed by atoms with Crippen molar-refractivity contribution in [2.24, 2.45) is 0 Å². The van der Waals surface area contributed by atoms with Gasteiger partial charge in [-0.25, -0.2) is 0 Å². The molecule has 1 aromatic carbocycles. The van der Waals surface area contributed by atoms with Crippen LogP contribution in [0.4, 0.5) is 0 Å². The van der Waals surface area contributed by atoms with Crippen LogP contribution in [0.2, 0.25) is 5.02 Å². The average Bonchev–Trinajstić information content (AvgIpc) is 2.78. The van der Waals surface area contributed by atoms with Gasteiger partial charge in [-0.3, -0.25) is 4.40 Å². The molecule has 0 atom stereocenters. The molecule has 2 aromatic heterocycles. The lowest BCUT2D eigenvalue weighted by Crippen LogP contribution is -1.90. The number of nitriles is 1. The first-order valence-electron chi connectivity index (χ1n) is 5.72. The molecule has 5 nitrogen and oxygen atoms in total. The molecule has 0 radical (unpaired) electrons. The highest BCUT2D eigenvalue weighted by molar-refractivity contribution is 6.30. The second kappa shape index (κ2) is 4.76. The number of phenols is 1. The summed E-state index contributed by atoms with van der Waals surface area (Å²) >= 11 is 5.91. The Morgan fingerprint density at radius 1 is 1.20 bits per heavy atom. The number of imidazole rings is 1. The highest BCUT2D eigenvalue weighted by atomic mass is 35.5. The Morgan fingerprint density at radius 3 is 2.65 bits per heavy atom. The van der Waals surface area contributed by atoms with Crippen molar-refractivity contribution >= 4 is 17.2 Å². The molecule has 0 saturated heterocycles. The van der Waals surface area contributed by atoms with Crippen LogP contribution in [0.5, 0.6) is 17.4 Å². The molecule has 0 unspecified atom stereocenters. The second-order valence-electron chi connectivity index (χ2n) is 4.05. The van der Waals surface area contributed by atoms with E-state index in [0.717, 1.165) is 0 Å². The number of halogens is 1. The lowest BCUT2D eigenvalue weighted by molar-refractivity contribution is 0.455. The average molecular weight is 286 g/mol. The Balaban J connectivity index is 2.07. The minimum absolute atomic E-state index is 0.139. The molecule has 6 heteroatoms. The van der Waals surface area contributed by atoms with Crippen molar-refractivity contribution in [3.63, 3.8) is 0 Å². The van der Waals surface area contributed by atoms with Gasteiger partial charge in [0.25, 0.3) is 5.88 Å². The molecule has 0 aliphatic carbocycles. The van der Waals surface area contributed by atoms with Crippen LogP contribution in [0.25, 0.3) is 5.65 Å². The summed E-state index contributed by atoms with van der Waals surface area (Å²) < 4.78 is 7.14. The topological polar surface area (TPSA) is 70.5 Å². The largest absolute Gasteiger partial charge is 0.508 e. The zero-order chi connectivity index (χ0) is 14.1. The van der Waals surface area contributed by atoms with Gasteiger partial charge in [0.1, 0.15) is 23.2 Å². The van der Waals surface area contributed by atoms with Crippen LogP contribution in [-0.2, 0) is 0 Å². The summed E-state index contributed by atoms with van der Waals surface area (Å²) in [7, 11) is 0. The van der Waals surface area contributed by atoms with Gasteiger partial charge < -0.3 is 9.84 Å². The minimum atomic E-state index is 0.139. The number of rotatable bonds is 2. The highest BCUT2D eigenvalue weighted by Crippen LogP contribution is 2.27. The molecule has 0 aliphatic heterocycles. The highest BCUT2D eigenvalue weighted by Gasteiger charge is 2.14. The summed E-state index contributed by atoms with van der Waals surface area (Å²) in [4.78, 5) is 4.24. The zero-order valence-corrected chi connectivity index (χ0v) is 10.9. The van der Waals surface area contributed by atoms with E-state index in [4.69, 9.17) is 16.3 Å². The van der Waals surface area contributed by atoms with Crippen molar-refractivity contribution in [1.29, 1.82) is 5.26 Å².